The van der Waals surface area contributed by atoms with Gasteiger partial charge in [0.1, 0.15) is 11.8 Å². The Hall–Kier alpha value is -2.93. The number of nitrogens with zero attached hydrogens (tertiary/aromatic N) is 1. The third-order valence-electron chi connectivity index (χ3n) is 5.10. The zero-order valence-electron chi connectivity index (χ0n) is 15.6. The highest BCUT2D eigenvalue weighted by Gasteiger charge is 2.71. The van der Waals surface area contributed by atoms with E-state index in [1.165, 1.54) is 0 Å². The largest absolute Gasteiger partial charge is 0.497 e. The minimum Gasteiger partial charge on any atom is -0.497 e. The van der Waals surface area contributed by atoms with Gasteiger partial charge in [0, 0.05) is 12.1 Å². The Bertz CT molecular complexity index is 850. The molecule has 2 atom stereocenters. The van der Waals surface area contributed by atoms with Gasteiger partial charge in [0.05, 0.1) is 40.7 Å². The summed E-state index contributed by atoms with van der Waals surface area (Å²) < 4.78 is 27.0. The van der Waals surface area contributed by atoms with Crippen LogP contribution in [0.25, 0.3) is 0 Å². The first-order valence-electron chi connectivity index (χ1n) is 8.51. The van der Waals surface area contributed by atoms with Crippen molar-refractivity contribution in [1.82, 2.24) is 0 Å². The molecule has 0 saturated carbocycles. The van der Waals surface area contributed by atoms with Crippen molar-refractivity contribution in [2.24, 2.45) is 0 Å². The van der Waals surface area contributed by atoms with E-state index in [1.807, 2.05) is 24.3 Å². The van der Waals surface area contributed by atoms with Crippen LogP contribution in [-0.4, -0.2) is 46.6 Å². The Balaban J connectivity index is 1.76. The van der Waals surface area contributed by atoms with Gasteiger partial charge in [-0.05, 0) is 17.7 Å². The minimum atomic E-state index is -0.769. The van der Waals surface area contributed by atoms with Crippen LogP contribution in [-0.2, 0) is 9.53 Å². The molecule has 4 rings (SSSR count). The summed E-state index contributed by atoms with van der Waals surface area (Å²) in [5, 5.41) is 0. The number of rotatable bonds is 6. The van der Waals surface area contributed by atoms with E-state index in [1.54, 1.807) is 45.5 Å². The number of carbonyl (C=O) groups excluding carboxylic acids is 1. The Morgan fingerprint density at radius 1 is 0.963 bits per heavy atom. The molecule has 7 heteroatoms. The van der Waals surface area contributed by atoms with Gasteiger partial charge in [-0.15, -0.1) is 0 Å². The van der Waals surface area contributed by atoms with Gasteiger partial charge in [-0.1, -0.05) is 12.1 Å². The molecule has 2 aliphatic heterocycles. The predicted octanol–water partition coefficient (Wildman–Crippen LogP) is 2.58. The zero-order valence-corrected chi connectivity index (χ0v) is 15.6. The first-order valence-corrected chi connectivity index (χ1v) is 8.51. The van der Waals surface area contributed by atoms with E-state index in [2.05, 4.69) is 0 Å². The van der Waals surface area contributed by atoms with E-state index in [4.69, 9.17) is 23.7 Å². The number of hydrogen-bond donors (Lipinski definition) is 0. The molecule has 2 aromatic rings. The van der Waals surface area contributed by atoms with Crippen LogP contribution in [0.1, 0.15) is 11.6 Å². The third-order valence-corrected chi connectivity index (χ3v) is 5.10. The zero-order chi connectivity index (χ0) is 19.2. The second kappa shape index (κ2) is 6.35. The van der Waals surface area contributed by atoms with Gasteiger partial charge in [-0.25, -0.2) is 0 Å². The van der Waals surface area contributed by atoms with Crippen molar-refractivity contribution in [1.29, 1.82) is 0 Å². The molecule has 142 valence electrons. The molecule has 1 spiro atoms. The number of benzene rings is 2. The summed E-state index contributed by atoms with van der Waals surface area (Å²) in [6.07, 6.45) is 0. The average Bonchev–Trinajstić information content (AvgIpc) is 3.53. The van der Waals surface area contributed by atoms with Gasteiger partial charge >= 0.3 is 0 Å². The minimum absolute atomic E-state index is 0.0717. The highest BCUT2D eigenvalue weighted by molar-refractivity contribution is 6.10. The van der Waals surface area contributed by atoms with Crippen molar-refractivity contribution in [2.75, 3.05) is 39.9 Å². The highest BCUT2D eigenvalue weighted by Crippen LogP contribution is 2.56. The molecule has 27 heavy (non-hydrogen) atoms. The Kier molecular flexibility index (Phi) is 4.11. The Morgan fingerprint density at radius 3 is 2.00 bits per heavy atom. The Morgan fingerprint density at radius 2 is 1.56 bits per heavy atom. The lowest BCUT2D eigenvalue weighted by atomic mass is 9.82. The molecule has 0 N–H and O–H groups in total. The number of amides is 1. The van der Waals surface area contributed by atoms with Crippen molar-refractivity contribution < 1.29 is 28.5 Å². The van der Waals surface area contributed by atoms with Crippen molar-refractivity contribution in [3.05, 3.63) is 42.0 Å². The molecular formula is C20H21NO6. The molecule has 2 heterocycles. The van der Waals surface area contributed by atoms with Gasteiger partial charge in [0.15, 0.2) is 17.1 Å². The van der Waals surface area contributed by atoms with Crippen LogP contribution >= 0.6 is 0 Å². The van der Waals surface area contributed by atoms with E-state index >= 15 is 0 Å². The van der Waals surface area contributed by atoms with E-state index < -0.39 is 5.60 Å². The summed E-state index contributed by atoms with van der Waals surface area (Å²) in [7, 11) is 6.26. The molecule has 2 fully saturated rings. The lowest BCUT2D eigenvalue weighted by molar-refractivity contribution is -0.132. The third kappa shape index (κ3) is 2.49. The van der Waals surface area contributed by atoms with Crippen molar-refractivity contribution >= 4 is 11.6 Å². The molecule has 2 unspecified atom stereocenters. The predicted molar refractivity (Wildman–Crippen MR) is 98.0 cm³/mol. The second-order valence-electron chi connectivity index (χ2n) is 6.41. The number of hydrogen-bond acceptors (Lipinski definition) is 6. The van der Waals surface area contributed by atoms with Crippen LogP contribution < -0.4 is 23.8 Å². The van der Waals surface area contributed by atoms with Crippen LogP contribution in [0.4, 0.5) is 5.69 Å². The summed E-state index contributed by atoms with van der Waals surface area (Å²) >= 11 is 0. The lowest BCUT2D eigenvalue weighted by Crippen LogP contribution is -2.62. The molecule has 0 aromatic heterocycles. The number of anilines is 1. The fourth-order valence-electron chi connectivity index (χ4n) is 3.62. The molecule has 0 bridgehead atoms. The standard InChI is InChI=1S/C20H21NO6/c1-23-14-7-5-12(6-8-14)18-20(11-27-20)19(22)21(18)13-9-15(24-2)17(26-4)16(10-13)25-3/h5-10,18H,11H2,1-4H3. The van der Waals surface area contributed by atoms with Crippen LogP contribution in [0.5, 0.6) is 23.0 Å². The van der Waals surface area contributed by atoms with E-state index in [-0.39, 0.29) is 11.9 Å². The molecule has 2 saturated heterocycles. The van der Waals surface area contributed by atoms with Gasteiger partial charge in [0.2, 0.25) is 5.75 Å². The molecule has 1 amide bonds. The monoisotopic (exact) mass is 371 g/mol. The van der Waals surface area contributed by atoms with Crippen LogP contribution in [0.15, 0.2) is 36.4 Å². The maximum absolute atomic E-state index is 12.9. The first kappa shape index (κ1) is 17.5. The van der Waals surface area contributed by atoms with Gasteiger partial charge in [-0.2, -0.15) is 0 Å². The van der Waals surface area contributed by atoms with Crippen LogP contribution in [0, 0.1) is 0 Å². The summed E-state index contributed by atoms with van der Waals surface area (Å²) in [6.45, 7) is 0.420. The fourth-order valence-corrected chi connectivity index (χ4v) is 3.62. The number of ether oxygens (including phenoxy) is 5. The topological polar surface area (TPSA) is 69.8 Å². The fraction of sp³-hybridized carbons (Fsp3) is 0.350. The molecular weight excluding hydrogens is 350 g/mol. The summed E-state index contributed by atoms with van der Waals surface area (Å²) in [4.78, 5) is 14.6. The van der Waals surface area contributed by atoms with Crippen LogP contribution in [0.2, 0.25) is 0 Å². The Labute approximate surface area is 157 Å². The number of β-lactam (4-membered cyclic amide) rings is 1. The van der Waals surface area contributed by atoms with E-state index in [9.17, 15) is 4.79 Å². The van der Waals surface area contributed by atoms with Gasteiger partial charge < -0.3 is 23.7 Å². The second-order valence-corrected chi connectivity index (χ2v) is 6.41. The average molecular weight is 371 g/mol. The van der Waals surface area contributed by atoms with Gasteiger partial charge in [-0.3, -0.25) is 9.69 Å². The maximum Gasteiger partial charge on any atom is 0.264 e. The molecule has 0 radical (unpaired) electrons. The lowest BCUT2D eigenvalue weighted by Gasteiger charge is -2.46. The van der Waals surface area contributed by atoms with E-state index in [0.29, 0.717) is 29.5 Å². The summed E-state index contributed by atoms with van der Waals surface area (Å²) in [6, 6.07) is 11.0. The normalized spacial score (nSPS) is 23.0. The van der Waals surface area contributed by atoms with Gasteiger partial charge in [0.25, 0.3) is 5.91 Å². The molecule has 2 aliphatic rings. The smallest absolute Gasteiger partial charge is 0.264 e. The molecule has 2 aromatic carbocycles. The van der Waals surface area contributed by atoms with Crippen molar-refractivity contribution in [3.63, 3.8) is 0 Å². The highest BCUT2D eigenvalue weighted by atomic mass is 16.6. The first-order chi connectivity index (χ1) is 13.1. The van der Waals surface area contributed by atoms with E-state index in [0.717, 1.165) is 11.3 Å². The van der Waals surface area contributed by atoms with Crippen molar-refractivity contribution in [3.8, 4) is 23.0 Å². The SMILES string of the molecule is COc1ccc(C2N(c3cc(OC)c(OC)c(OC)c3)C(=O)C23CO3)cc1. The quantitative estimate of drug-likeness (QED) is 0.574. The summed E-state index contributed by atoms with van der Waals surface area (Å²) in [5.74, 6) is 2.15. The van der Waals surface area contributed by atoms with Crippen molar-refractivity contribution in [2.45, 2.75) is 11.6 Å². The maximum atomic E-state index is 12.9. The molecule has 0 aliphatic carbocycles. The number of carbonyl (C=O) groups is 1. The summed E-state index contributed by atoms with van der Waals surface area (Å²) in [5.41, 5.74) is 0.868. The number of epoxide rings is 1. The molecule has 7 nitrogen and oxygen atoms in total. The number of methoxy groups -OCH3 is 4. The van der Waals surface area contributed by atoms with Crippen LogP contribution in [0.3, 0.4) is 0 Å².